The third-order valence-electron chi connectivity index (χ3n) is 3.41. The van der Waals surface area contributed by atoms with Gasteiger partial charge in [-0.15, -0.1) is 5.10 Å². The number of carbonyl (C=O) groups is 1. The number of benzene rings is 1. The van der Waals surface area contributed by atoms with Crippen LogP contribution in [0.15, 0.2) is 30.5 Å². The lowest BCUT2D eigenvalue weighted by Gasteiger charge is -2.07. The highest BCUT2D eigenvalue weighted by atomic mass is 35.5. The summed E-state index contributed by atoms with van der Waals surface area (Å²) in [6.45, 7) is 0.579. The second-order valence-corrected chi connectivity index (χ2v) is 5.22. The standard InChI is InChI=1S/C13H13ClN4O2/c14-9-3-1-2-8(4-9)12-7-18(17-16-12)10-5-11(13(19)20)15-6-10/h1-4,7,10-11,15H,5-6H2,(H,19,20). The van der Waals surface area contributed by atoms with Crippen molar-refractivity contribution < 1.29 is 9.90 Å². The summed E-state index contributed by atoms with van der Waals surface area (Å²) in [5.74, 6) is -0.831. The summed E-state index contributed by atoms with van der Waals surface area (Å²) in [6, 6.07) is 6.88. The summed E-state index contributed by atoms with van der Waals surface area (Å²) < 4.78 is 1.71. The molecule has 1 aliphatic heterocycles. The molecule has 3 rings (SSSR count). The van der Waals surface area contributed by atoms with Gasteiger partial charge in [0.2, 0.25) is 0 Å². The Morgan fingerprint density at radius 2 is 2.35 bits per heavy atom. The van der Waals surface area contributed by atoms with Crippen LogP contribution in [-0.4, -0.2) is 38.7 Å². The quantitative estimate of drug-likeness (QED) is 0.898. The van der Waals surface area contributed by atoms with Gasteiger partial charge < -0.3 is 10.4 Å². The zero-order valence-electron chi connectivity index (χ0n) is 10.5. The Balaban J connectivity index is 1.79. The van der Waals surface area contributed by atoms with Gasteiger partial charge >= 0.3 is 5.97 Å². The second kappa shape index (κ2) is 5.22. The molecule has 104 valence electrons. The van der Waals surface area contributed by atoms with Crippen LogP contribution < -0.4 is 5.32 Å². The maximum absolute atomic E-state index is 10.9. The monoisotopic (exact) mass is 292 g/mol. The molecule has 6 nitrogen and oxygen atoms in total. The molecule has 2 unspecified atom stereocenters. The highest BCUT2D eigenvalue weighted by molar-refractivity contribution is 6.30. The molecule has 1 aromatic heterocycles. The van der Waals surface area contributed by atoms with Gasteiger partial charge in [0, 0.05) is 17.1 Å². The summed E-state index contributed by atoms with van der Waals surface area (Å²) in [4.78, 5) is 10.9. The molecule has 2 N–H and O–H groups in total. The van der Waals surface area contributed by atoms with Gasteiger partial charge in [-0.1, -0.05) is 28.9 Å². The van der Waals surface area contributed by atoms with E-state index in [2.05, 4.69) is 15.6 Å². The molecule has 7 heteroatoms. The predicted octanol–water partition coefficient (Wildman–Crippen LogP) is 1.59. The Morgan fingerprint density at radius 3 is 3.05 bits per heavy atom. The molecule has 0 radical (unpaired) electrons. The first kappa shape index (κ1) is 13.1. The van der Waals surface area contributed by atoms with E-state index >= 15 is 0 Å². The molecule has 2 heterocycles. The van der Waals surface area contributed by atoms with Crippen molar-refractivity contribution in [2.45, 2.75) is 18.5 Å². The molecular weight excluding hydrogens is 280 g/mol. The first-order chi connectivity index (χ1) is 9.63. The highest BCUT2D eigenvalue weighted by Crippen LogP contribution is 2.24. The molecule has 1 fully saturated rings. The summed E-state index contributed by atoms with van der Waals surface area (Å²) in [6.07, 6.45) is 2.33. The first-order valence-corrected chi connectivity index (χ1v) is 6.65. The number of aliphatic carboxylic acids is 1. The van der Waals surface area contributed by atoms with E-state index in [0.717, 1.165) is 11.3 Å². The van der Waals surface area contributed by atoms with Crippen LogP contribution in [0.5, 0.6) is 0 Å². The van der Waals surface area contributed by atoms with E-state index in [-0.39, 0.29) is 6.04 Å². The maximum Gasteiger partial charge on any atom is 0.320 e. The third-order valence-corrected chi connectivity index (χ3v) is 3.65. The molecule has 2 atom stereocenters. The van der Waals surface area contributed by atoms with Crippen LogP contribution in [-0.2, 0) is 4.79 Å². The second-order valence-electron chi connectivity index (χ2n) is 4.78. The summed E-state index contributed by atoms with van der Waals surface area (Å²) in [5.41, 5.74) is 1.62. The number of hydrogen-bond acceptors (Lipinski definition) is 4. The maximum atomic E-state index is 10.9. The van der Waals surface area contributed by atoms with E-state index in [1.54, 1.807) is 10.7 Å². The molecule has 0 saturated carbocycles. The summed E-state index contributed by atoms with van der Waals surface area (Å²) >= 11 is 5.95. The molecular formula is C13H13ClN4O2. The number of rotatable bonds is 3. The van der Waals surface area contributed by atoms with Gasteiger partial charge in [-0.25, -0.2) is 4.68 Å². The average molecular weight is 293 g/mol. The van der Waals surface area contributed by atoms with Gasteiger partial charge in [-0.2, -0.15) is 0 Å². The minimum atomic E-state index is -0.831. The van der Waals surface area contributed by atoms with Crippen LogP contribution in [0, 0.1) is 0 Å². The van der Waals surface area contributed by atoms with Crippen molar-refractivity contribution in [3.05, 3.63) is 35.5 Å². The molecule has 0 spiro atoms. The molecule has 1 aliphatic rings. The van der Waals surface area contributed by atoms with E-state index in [1.807, 2.05) is 24.4 Å². The van der Waals surface area contributed by atoms with Gasteiger partial charge in [0.25, 0.3) is 0 Å². The van der Waals surface area contributed by atoms with E-state index < -0.39 is 12.0 Å². The minimum Gasteiger partial charge on any atom is -0.480 e. The molecule has 20 heavy (non-hydrogen) atoms. The Bertz CT molecular complexity index is 643. The number of hydrogen-bond donors (Lipinski definition) is 2. The van der Waals surface area contributed by atoms with Crippen LogP contribution in [0.3, 0.4) is 0 Å². The zero-order valence-corrected chi connectivity index (χ0v) is 11.3. The van der Waals surface area contributed by atoms with Crippen molar-refractivity contribution in [1.29, 1.82) is 0 Å². The molecule has 0 aliphatic carbocycles. The van der Waals surface area contributed by atoms with Crippen LogP contribution >= 0.6 is 11.6 Å². The average Bonchev–Trinajstić information content (AvgIpc) is 3.08. The fourth-order valence-electron chi connectivity index (χ4n) is 2.34. The Labute approximate surface area is 120 Å². The third kappa shape index (κ3) is 2.52. The summed E-state index contributed by atoms with van der Waals surface area (Å²) in [7, 11) is 0. The molecule has 1 aromatic carbocycles. The van der Waals surface area contributed by atoms with Crippen molar-refractivity contribution >= 4 is 17.6 Å². The van der Waals surface area contributed by atoms with Crippen LogP contribution in [0.1, 0.15) is 12.5 Å². The number of nitrogens with one attached hydrogen (secondary N) is 1. The van der Waals surface area contributed by atoms with Crippen molar-refractivity contribution in [2.75, 3.05) is 6.54 Å². The first-order valence-electron chi connectivity index (χ1n) is 6.27. The number of aromatic nitrogens is 3. The normalized spacial score (nSPS) is 22.1. The van der Waals surface area contributed by atoms with E-state index in [4.69, 9.17) is 16.7 Å². The van der Waals surface area contributed by atoms with Gasteiger partial charge in [-0.05, 0) is 18.6 Å². The largest absolute Gasteiger partial charge is 0.480 e. The van der Waals surface area contributed by atoms with Gasteiger partial charge in [0.1, 0.15) is 11.7 Å². The molecule has 2 aromatic rings. The topological polar surface area (TPSA) is 80.0 Å². The van der Waals surface area contributed by atoms with Crippen molar-refractivity contribution in [1.82, 2.24) is 20.3 Å². The van der Waals surface area contributed by atoms with Gasteiger partial charge in [0.15, 0.2) is 0 Å². The van der Waals surface area contributed by atoms with E-state index in [9.17, 15) is 4.79 Å². The minimum absolute atomic E-state index is 0.0107. The lowest BCUT2D eigenvalue weighted by atomic mass is 10.1. The zero-order chi connectivity index (χ0) is 14.1. The lowest BCUT2D eigenvalue weighted by Crippen LogP contribution is -2.29. The lowest BCUT2D eigenvalue weighted by molar-refractivity contribution is -0.139. The summed E-state index contributed by atoms with van der Waals surface area (Å²) in [5, 5.41) is 20.8. The SMILES string of the molecule is O=C(O)C1CC(n2cc(-c3cccc(Cl)c3)nn2)CN1. The molecule has 0 amide bonds. The Hall–Kier alpha value is -1.92. The van der Waals surface area contributed by atoms with E-state index in [1.165, 1.54) is 0 Å². The van der Waals surface area contributed by atoms with Crippen molar-refractivity contribution in [3.63, 3.8) is 0 Å². The number of halogens is 1. The molecule has 1 saturated heterocycles. The van der Waals surface area contributed by atoms with Crippen LogP contribution in [0.2, 0.25) is 5.02 Å². The van der Waals surface area contributed by atoms with Crippen LogP contribution in [0.4, 0.5) is 0 Å². The smallest absolute Gasteiger partial charge is 0.320 e. The number of nitrogens with zero attached hydrogens (tertiary/aromatic N) is 3. The molecule has 0 bridgehead atoms. The predicted molar refractivity (Wildman–Crippen MR) is 73.5 cm³/mol. The van der Waals surface area contributed by atoms with Gasteiger partial charge in [0.05, 0.1) is 12.2 Å². The van der Waals surface area contributed by atoms with Crippen molar-refractivity contribution in [2.24, 2.45) is 0 Å². The van der Waals surface area contributed by atoms with Gasteiger partial charge in [-0.3, -0.25) is 4.79 Å². The fraction of sp³-hybridized carbons (Fsp3) is 0.308. The van der Waals surface area contributed by atoms with E-state index in [0.29, 0.717) is 18.0 Å². The number of carboxylic acids is 1. The number of carboxylic acid groups (broad SMARTS) is 1. The Morgan fingerprint density at radius 1 is 1.50 bits per heavy atom. The Kier molecular flexibility index (Phi) is 3.42. The highest BCUT2D eigenvalue weighted by Gasteiger charge is 2.30. The van der Waals surface area contributed by atoms with Crippen molar-refractivity contribution in [3.8, 4) is 11.3 Å². The fourth-order valence-corrected chi connectivity index (χ4v) is 2.53. The van der Waals surface area contributed by atoms with Crippen LogP contribution in [0.25, 0.3) is 11.3 Å².